The number of hydrogen-bond acceptors (Lipinski definition) is 4. The number of anilines is 1. The molecule has 0 bridgehead atoms. The van der Waals surface area contributed by atoms with Crippen LogP contribution >= 0.6 is 22.9 Å². The van der Waals surface area contributed by atoms with E-state index in [-0.39, 0.29) is 12.3 Å². The molecule has 0 unspecified atom stereocenters. The Bertz CT molecular complexity index is 905. The van der Waals surface area contributed by atoms with Gasteiger partial charge >= 0.3 is 0 Å². The summed E-state index contributed by atoms with van der Waals surface area (Å²) in [7, 11) is 0. The number of amides is 2. The van der Waals surface area contributed by atoms with Crippen molar-refractivity contribution in [2.75, 3.05) is 5.32 Å². The highest BCUT2D eigenvalue weighted by molar-refractivity contribution is 7.13. The first kappa shape index (κ1) is 17.1. The largest absolute Gasteiger partial charge is 0.366 e. The number of halogens is 1. The van der Waals surface area contributed by atoms with Gasteiger partial charge in [-0.1, -0.05) is 23.7 Å². The average Bonchev–Trinajstić information content (AvgIpc) is 3.04. The van der Waals surface area contributed by atoms with E-state index in [1.807, 2.05) is 17.5 Å². The molecule has 25 heavy (non-hydrogen) atoms. The third-order valence-electron chi connectivity index (χ3n) is 3.44. The Balaban J connectivity index is 1.63. The second-order valence-electron chi connectivity index (χ2n) is 5.32. The minimum Gasteiger partial charge on any atom is -0.366 e. The van der Waals surface area contributed by atoms with E-state index in [2.05, 4.69) is 10.3 Å². The molecule has 126 valence electrons. The van der Waals surface area contributed by atoms with Crippen molar-refractivity contribution in [1.82, 2.24) is 4.98 Å². The first-order valence-corrected chi connectivity index (χ1v) is 8.67. The molecule has 3 aromatic rings. The van der Waals surface area contributed by atoms with Crippen molar-refractivity contribution in [3.8, 4) is 10.6 Å². The second kappa shape index (κ2) is 7.46. The van der Waals surface area contributed by atoms with E-state index >= 15 is 0 Å². The van der Waals surface area contributed by atoms with Gasteiger partial charge in [0.05, 0.1) is 12.1 Å². The van der Waals surface area contributed by atoms with Crippen molar-refractivity contribution < 1.29 is 9.59 Å². The Morgan fingerprint density at radius 3 is 2.40 bits per heavy atom. The highest BCUT2D eigenvalue weighted by Crippen LogP contribution is 2.25. The maximum Gasteiger partial charge on any atom is 0.248 e. The number of benzene rings is 2. The molecule has 1 aromatic heterocycles. The molecule has 7 heteroatoms. The van der Waals surface area contributed by atoms with E-state index in [1.165, 1.54) is 11.3 Å². The van der Waals surface area contributed by atoms with Crippen LogP contribution < -0.4 is 11.1 Å². The van der Waals surface area contributed by atoms with Gasteiger partial charge in [-0.25, -0.2) is 4.98 Å². The number of carbonyl (C=O) groups excluding carboxylic acids is 2. The number of carbonyl (C=O) groups is 2. The normalized spacial score (nSPS) is 10.4. The SMILES string of the molecule is NC(=O)c1ccc(NC(=O)Cc2csc(-c3ccc(Cl)cc3)n2)cc1. The van der Waals surface area contributed by atoms with Crippen LogP contribution in [0.4, 0.5) is 5.69 Å². The summed E-state index contributed by atoms with van der Waals surface area (Å²) in [6.07, 6.45) is 0.168. The van der Waals surface area contributed by atoms with Crippen LogP contribution in [-0.4, -0.2) is 16.8 Å². The third kappa shape index (κ3) is 4.43. The van der Waals surface area contributed by atoms with E-state index in [1.54, 1.807) is 36.4 Å². The van der Waals surface area contributed by atoms with Gasteiger partial charge in [-0.2, -0.15) is 0 Å². The fourth-order valence-electron chi connectivity index (χ4n) is 2.20. The van der Waals surface area contributed by atoms with Crippen LogP contribution in [-0.2, 0) is 11.2 Å². The van der Waals surface area contributed by atoms with Gasteiger partial charge in [-0.15, -0.1) is 11.3 Å². The molecule has 0 saturated carbocycles. The van der Waals surface area contributed by atoms with Gasteiger partial charge in [0.1, 0.15) is 5.01 Å². The first-order chi connectivity index (χ1) is 12.0. The number of primary amides is 1. The van der Waals surface area contributed by atoms with Crippen LogP contribution in [0.2, 0.25) is 5.02 Å². The summed E-state index contributed by atoms with van der Waals surface area (Å²) >= 11 is 7.36. The van der Waals surface area contributed by atoms with Crippen molar-refractivity contribution in [2.24, 2.45) is 5.73 Å². The van der Waals surface area contributed by atoms with Crippen LogP contribution in [0.25, 0.3) is 10.6 Å². The van der Waals surface area contributed by atoms with Gasteiger partial charge < -0.3 is 11.1 Å². The highest BCUT2D eigenvalue weighted by atomic mass is 35.5. The van der Waals surface area contributed by atoms with E-state index in [0.29, 0.717) is 22.0 Å². The molecule has 0 aliphatic carbocycles. The Kier molecular flexibility index (Phi) is 5.11. The van der Waals surface area contributed by atoms with Crippen molar-refractivity contribution in [1.29, 1.82) is 0 Å². The quantitative estimate of drug-likeness (QED) is 0.716. The molecule has 0 aliphatic rings. The van der Waals surface area contributed by atoms with Crippen LogP contribution in [0.15, 0.2) is 53.9 Å². The van der Waals surface area contributed by atoms with Crippen molar-refractivity contribution >= 4 is 40.4 Å². The zero-order valence-corrected chi connectivity index (χ0v) is 14.6. The third-order valence-corrected chi connectivity index (χ3v) is 4.63. The van der Waals surface area contributed by atoms with Gasteiger partial charge in [-0.3, -0.25) is 9.59 Å². The van der Waals surface area contributed by atoms with Crippen LogP contribution in [0.5, 0.6) is 0 Å². The first-order valence-electron chi connectivity index (χ1n) is 7.41. The summed E-state index contributed by atoms with van der Waals surface area (Å²) in [5.41, 5.74) is 7.84. The molecule has 2 aromatic carbocycles. The fraction of sp³-hybridized carbons (Fsp3) is 0.0556. The second-order valence-corrected chi connectivity index (χ2v) is 6.61. The topological polar surface area (TPSA) is 85.1 Å². The number of nitrogens with two attached hydrogens (primary N) is 1. The molecule has 1 heterocycles. The van der Waals surface area contributed by atoms with Crippen LogP contribution in [0.1, 0.15) is 16.1 Å². The molecule has 0 spiro atoms. The summed E-state index contributed by atoms with van der Waals surface area (Å²) in [6.45, 7) is 0. The number of nitrogens with zero attached hydrogens (tertiary/aromatic N) is 1. The summed E-state index contributed by atoms with van der Waals surface area (Å²) < 4.78 is 0. The molecule has 2 amide bonds. The zero-order valence-electron chi connectivity index (χ0n) is 13.0. The lowest BCUT2D eigenvalue weighted by Crippen LogP contribution is -2.15. The van der Waals surface area contributed by atoms with Crippen molar-refractivity contribution in [3.05, 3.63) is 70.2 Å². The lowest BCUT2D eigenvalue weighted by Gasteiger charge is -2.04. The van der Waals surface area contributed by atoms with E-state index in [4.69, 9.17) is 17.3 Å². The molecule has 0 aliphatic heterocycles. The van der Waals surface area contributed by atoms with Gasteiger partial charge in [0.2, 0.25) is 11.8 Å². The van der Waals surface area contributed by atoms with Crippen molar-refractivity contribution in [2.45, 2.75) is 6.42 Å². The fourth-order valence-corrected chi connectivity index (χ4v) is 3.15. The van der Waals surface area contributed by atoms with E-state index in [9.17, 15) is 9.59 Å². The van der Waals surface area contributed by atoms with Crippen LogP contribution in [0.3, 0.4) is 0 Å². The minimum atomic E-state index is -0.505. The molecule has 3 N–H and O–H groups in total. The smallest absolute Gasteiger partial charge is 0.248 e. The predicted octanol–water partition coefficient (Wildman–Crippen LogP) is 3.74. The Hall–Kier alpha value is -2.70. The highest BCUT2D eigenvalue weighted by Gasteiger charge is 2.10. The molecule has 0 radical (unpaired) electrons. The summed E-state index contributed by atoms with van der Waals surface area (Å²) in [5.74, 6) is -0.685. The molecule has 3 rings (SSSR count). The maximum absolute atomic E-state index is 12.1. The summed E-state index contributed by atoms with van der Waals surface area (Å²) in [4.78, 5) is 27.7. The number of hydrogen-bond donors (Lipinski definition) is 2. The minimum absolute atomic E-state index is 0.168. The lowest BCUT2D eigenvalue weighted by molar-refractivity contribution is -0.115. The van der Waals surface area contributed by atoms with Gasteiger partial charge in [0.25, 0.3) is 0 Å². The Morgan fingerprint density at radius 1 is 1.08 bits per heavy atom. The van der Waals surface area contributed by atoms with Crippen LogP contribution in [0, 0.1) is 0 Å². The van der Waals surface area contributed by atoms with Crippen molar-refractivity contribution in [3.63, 3.8) is 0 Å². The molecule has 5 nitrogen and oxygen atoms in total. The number of nitrogens with one attached hydrogen (secondary N) is 1. The summed E-state index contributed by atoms with van der Waals surface area (Å²) in [6, 6.07) is 13.8. The summed E-state index contributed by atoms with van der Waals surface area (Å²) in [5, 5.41) is 6.14. The zero-order chi connectivity index (χ0) is 17.8. The van der Waals surface area contributed by atoms with Gasteiger partial charge in [0, 0.05) is 27.2 Å². The molecular weight excluding hydrogens is 358 g/mol. The van der Waals surface area contributed by atoms with Gasteiger partial charge in [-0.05, 0) is 36.4 Å². The maximum atomic E-state index is 12.1. The number of rotatable bonds is 5. The Morgan fingerprint density at radius 2 is 1.76 bits per heavy atom. The number of aromatic nitrogens is 1. The Labute approximate surface area is 153 Å². The molecular formula is C18H14ClN3O2S. The van der Waals surface area contributed by atoms with Gasteiger partial charge in [0.15, 0.2) is 0 Å². The van der Waals surface area contributed by atoms with E-state index in [0.717, 1.165) is 10.6 Å². The molecule has 0 fully saturated rings. The van der Waals surface area contributed by atoms with E-state index < -0.39 is 5.91 Å². The molecule has 0 atom stereocenters. The predicted molar refractivity (Wildman–Crippen MR) is 99.9 cm³/mol. The number of thiazole rings is 1. The average molecular weight is 372 g/mol. The molecule has 0 saturated heterocycles. The lowest BCUT2D eigenvalue weighted by atomic mass is 10.2. The standard InChI is InChI=1S/C18H14ClN3O2S/c19-13-5-1-12(2-6-13)18-22-15(10-25-18)9-16(23)21-14-7-3-11(4-8-14)17(20)24/h1-8,10H,9H2,(H2,20,24)(H,21,23). The monoisotopic (exact) mass is 371 g/mol.